The topological polar surface area (TPSA) is 81.0 Å². The summed E-state index contributed by atoms with van der Waals surface area (Å²) in [6.07, 6.45) is -1.82. The summed E-state index contributed by atoms with van der Waals surface area (Å²) < 4.78 is 0. The Kier molecular flexibility index (Phi) is 3.04. The van der Waals surface area contributed by atoms with Crippen molar-refractivity contribution in [3.63, 3.8) is 0 Å². The molecule has 2 atom stereocenters. The van der Waals surface area contributed by atoms with E-state index in [0.29, 0.717) is 0 Å². The molecule has 1 fully saturated rings. The third-order valence-electron chi connectivity index (χ3n) is 2.93. The number of likely N-dealkylation sites (tertiary alicyclic amines) is 1. The van der Waals surface area contributed by atoms with Crippen LogP contribution in [-0.2, 0) is 0 Å². The van der Waals surface area contributed by atoms with E-state index in [1.807, 2.05) is 6.92 Å². The number of aromatic hydroxyl groups is 1. The monoisotopic (exact) mass is 237 g/mol. The van der Waals surface area contributed by atoms with Gasteiger partial charge in [-0.15, -0.1) is 0 Å². The summed E-state index contributed by atoms with van der Waals surface area (Å²) in [7, 11) is 0. The van der Waals surface area contributed by atoms with E-state index in [1.54, 1.807) is 12.1 Å². The van der Waals surface area contributed by atoms with Crippen molar-refractivity contribution in [1.29, 1.82) is 0 Å². The van der Waals surface area contributed by atoms with Gasteiger partial charge in [-0.25, -0.2) is 0 Å². The predicted molar refractivity (Wildman–Crippen MR) is 60.8 cm³/mol. The SMILES string of the molecule is Cc1ccc(C(=O)N2C[C@@H](O)[C@@H](O)C2)c(O)c1. The minimum absolute atomic E-state index is 0.0779. The van der Waals surface area contributed by atoms with Gasteiger partial charge in [0.15, 0.2) is 0 Å². The molecule has 0 saturated carbocycles. The maximum Gasteiger partial charge on any atom is 0.257 e. The first-order valence-corrected chi connectivity index (χ1v) is 5.44. The average Bonchev–Trinajstić information content (AvgIpc) is 2.58. The van der Waals surface area contributed by atoms with Crippen LogP contribution in [0.4, 0.5) is 0 Å². The van der Waals surface area contributed by atoms with Gasteiger partial charge in [0, 0.05) is 13.1 Å². The standard InChI is InChI=1S/C12H15NO4/c1-7-2-3-8(9(14)4-7)12(17)13-5-10(15)11(16)6-13/h2-4,10-11,14-16H,5-6H2,1H3/t10-,11+. The lowest BCUT2D eigenvalue weighted by Crippen LogP contribution is -2.29. The summed E-state index contributed by atoms with van der Waals surface area (Å²) in [5.41, 5.74) is 1.05. The highest BCUT2D eigenvalue weighted by atomic mass is 16.3. The summed E-state index contributed by atoms with van der Waals surface area (Å²) in [6, 6.07) is 4.79. The molecule has 2 rings (SSSR count). The van der Waals surface area contributed by atoms with Crippen LogP contribution in [0.3, 0.4) is 0 Å². The van der Waals surface area contributed by atoms with Crippen molar-refractivity contribution in [2.75, 3.05) is 13.1 Å². The minimum Gasteiger partial charge on any atom is -0.507 e. The van der Waals surface area contributed by atoms with Gasteiger partial charge in [-0.2, -0.15) is 0 Å². The Morgan fingerprint density at radius 3 is 2.41 bits per heavy atom. The molecule has 5 heteroatoms. The van der Waals surface area contributed by atoms with Crippen molar-refractivity contribution in [2.24, 2.45) is 0 Å². The molecule has 17 heavy (non-hydrogen) atoms. The Hall–Kier alpha value is -1.59. The number of hydrogen-bond donors (Lipinski definition) is 3. The van der Waals surface area contributed by atoms with E-state index in [1.165, 1.54) is 11.0 Å². The Labute approximate surface area is 98.9 Å². The summed E-state index contributed by atoms with van der Waals surface area (Å²) >= 11 is 0. The number of rotatable bonds is 1. The second-order valence-electron chi connectivity index (χ2n) is 4.37. The molecule has 0 spiro atoms. The Bertz CT molecular complexity index is 436. The van der Waals surface area contributed by atoms with Gasteiger partial charge in [-0.05, 0) is 24.6 Å². The number of nitrogens with zero attached hydrogens (tertiary/aromatic N) is 1. The van der Waals surface area contributed by atoms with Gasteiger partial charge >= 0.3 is 0 Å². The number of carbonyl (C=O) groups is 1. The molecule has 1 aliphatic rings. The van der Waals surface area contributed by atoms with E-state index >= 15 is 0 Å². The van der Waals surface area contributed by atoms with Crippen molar-refractivity contribution in [3.8, 4) is 5.75 Å². The van der Waals surface area contributed by atoms with Gasteiger partial charge in [0.05, 0.1) is 17.8 Å². The molecule has 0 aliphatic carbocycles. The van der Waals surface area contributed by atoms with Crippen molar-refractivity contribution in [1.82, 2.24) is 4.90 Å². The first-order valence-electron chi connectivity index (χ1n) is 5.44. The number of aliphatic hydroxyl groups excluding tert-OH is 2. The quantitative estimate of drug-likeness (QED) is 0.636. The molecule has 1 amide bonds. The molecule has 0 bridgehead atoms. The molecule has 0 aromatic heterocycles. The molecule has 1 heterocycles. The van der Waals surface area contributed by atoms with E-state index in [2.05, 4.69) is 0 Å². The maximum absolute atomic E-state index is 12.0. The molecule has 0 radical (unpaired) electrons. The van der Waals surface area contributed by atoms with Crippen molar-refractivity contribution < 1.29 is 20.1 Å². The van der Waals surface area contributed by atoms with Crippen molar-refractivity contribution >= 4 is 5.91 Å². The van der Waals surface area contributed by atoms with Crippen LogP contribution in [0.25, 0.3) is 0 Å². The molecular weight excluding hydrogens is 222 g/mol. The molecule has 3 N–H and O–H groups in total. The van der Waals surface area contributed by atoms with Gasteiger partial charge in [-0.1, -0.05) is 6.07 Å². The van der Waals surface area contributed by atoms with Gasteiger partial charge < -0.3 is 20.2 Å². The third kappa shape index (κ3) is 2.25. The maximum atomic E-state index is 12.0. The van der Waals surface area contributed by atoms with Crippen molar-refractivity contribution in [3.05, 3.63) is 29.3 Å². The first kappa shape index (κ1) is 11.9. The second-order valence-corrected chi connectivity index (χ2v) is 4.37. The van der Waals surface area contributed by atoms with E-state index in [0.717, 1.165) is 5.56 Å². The number of amides is 1. The predicted octanol–water partition coefficient (Wildman–Crippen LogP) is -0.122. The lowest BCUT2D eigenvalue weighted by atomic mass is 10.1. The van der Waals surface area contributed by atoms with Gasteiger partial charge in [0.25, 0.3) is 5.91 Å². The zero-order valence-electron chi connectivity index (χ0n) is 9.50. The summed E-state index contributed by atoms with van der Waals surface area (Å²) in [4.78, 5) is 13.3. The largest absolute Gasteiger partial charge is 0.507 e. The molecule has 92 valence electrons. The second kappa shape index (κ2) is 4.35. The molecule has 1 saturated heterocycles. The number of aliphatic hydroxyl groups is 2. The lowest BCUT2D eigenvalue weighted by molar-refractivity contribution is 0.0572. The van der Waals surface area contributed by atoms with Crippen LogP contribution in [-0.4, -0.2) is 51.4 Å². The van der Waals surface area contributed by atoms with E-state index in [9.17, 15) is 20.1 Å². The van der Waals surface area contributed by atoms with Crippen LogP contribution in [0.5, 0.6) is 5.75 Å². The summed E-state index contributed by atoms with van der Waals surface area (Å²) in [5.74, 6) is -0.455. The zero-order valence-corrected chi connectivity index (χ0v) is 9.50. The number of carbonyl (C=O) groups excluding carboxylic acids is 1. The zero-order chi connectivity index (χ0) is 12.6. The number of phenolic OH excluding ortho intramolecular Hbond substituents is 1. The van der Waals surface area contributed by atoms with Gasteiger partial charge in [0.1, 0.15) is 5.75 Å². The fraction of sp³-hybridized carbons (Fsp3) is 0.417. The van der Waals surface area contributed by atoms with Crippen LogP contribution in [0.2, 0.25) is 0 Å². The van der Waals surface area contributed by atoms with E-state index < -0.39 is 12.2 Å². The number of phenols is 1. The summed E-state index contributed by atoms with van der Waals surface area (Å²) in [5, 5.41) is 28.4. The van der Waals surface area contributed by atoms with Gasteiger partial charge in [-0.3, -0.25) is 4.79 Å². The van der Waals surface area contributed by atoms with Crippen LogP contribution in [0.15, 0.2) is 18.2 Å². The number of β-amino-alcohol motifs (C(OH)–C–C–N with tert-alkyl or cyclic N) is 2. The highest BCUT2D eigenvalue weighted by molar-refractivity contribution is 5.97. The highest BCUT2D eigenvalue weighted by Gasteiger charge is 2.33. The summed E-state index contributed by atoms with van der Waals surface area (Å²) in [6.45, 7) is 2.00. The smallest absolute Gasteiger partial charge is 0.257 e. The molecule has 1 aromatic carbocycles. The molecule has 5 nitrogen and oxygen atoms in total. The van der Waals surface area contributed by atoms with Crippen LogP contribution >= 0.6 is 0 Å². The average molecular weight is 237 g/mol. The highest BCUT2D eigenvalue weighted by Crippen LogP contribution is 2.22. The first-order chi connectivity index (χ1) is 7.99. The molecule has 0 unspecified atom stereocenters. The Morgan fingerprint density at radius 1 is 1.29 bits per heavy atom. The van der Waals surface area contributed by atoms with Crippen LogP contribution < -0.4 is 0 Å². The lowest BCUT2D eigenvalue weighted by Gasteiger charge is -2.16. The fourth-order valence-corrected chi connectivity index (χ4v) is 1.93. The van der Waals surface area contributed by atoms with Gasteiger partial charge in [0.2, 0.25) is 0 Å². The van der Waals surface area contributed by atoms with Crippen LogP contribution in [0.1, 0.15) is 15.9 Å². The minimum atomic E-state index is -0.911. The molecule has 1 aliphatic heterocycles. The number of hydrogen-bond acceptors (Lipinski definition) is 4. The number of benzene rings is 1. The molecular formula is C12H15NO4. The van der Waals surface area contributed by atoms with Crippen LogP contribution in [0, 0.1) is 6.92 Å². The fourth-order valence-electron chi connectivity index (χ4n) is 1.93. The van der Waals surface area contributed by atoms with E-state index in [4.69, 9.17) is 0 Å². The van der Waals surface area contributed by atoms with Crippen molar-refractivity contribution in [2.45, 2.75) is 19.1 Å². The molecule has 1 aromatic rings. The van der Waals surface area contributed by atoms with E-state index in [-0.39, 0.29) is 30.3 Å². The Balaban J connectivity index is 2.20. The Morgan fingerprint density at radius 2 is 1.88 bits per heavy atom. The third-order valence-corrected chi connectivity index (χ3v) is 2.93. The number of aryl methyl sites for hydroxylation is 1. The normalized spacial score (nSPS) is 24.1.